The molecular formula is C20H32N2O6Si. The fourth-order valence-corrected chi connectivity index (χ4v) is 2.91. The van der Waals surface area contributed by atoms with Crippen LogP contribution in [0.1, 0.15) is 18.4 Å². The van der Waals surface area contributed by atoms with Gasteiger partial charge in [0.2, 0.25) is 5.91 Å². The fraction of sp³-hybridized carbons (Fsp3) is 0.550. The summed E-state index contributed by atoms with van der Waals surface area (Å²) in [5.41, 5.74) is 0.869. The zero-order valence-corrected chi connectivity index (χ0v) is 18.4. The molecule has 0 radical (unpaired) electrons. The summed E-state index contributed by atoms with van der Waals surface area (Å²) in [5, 5.41) is 14.5. The van der Waals surface area contributed by atoms with Crippen LogP contribution in [0.2, 0.25) is 25.7 Å². The maximum Gasteiger partial charge on any atom is 0.407 e. The van der Waals surface area contributed by atoms with Crippen molar-refractivity contribution in [3.63, 3.8) is 0 Å². The Morgan fingerprint density at radius 3 is 2.38 bits per heavy atom. The second kappa shape index (κ2) is 12.9. The number of nitrogens with one attached hydrogen (secondary N) is 2. The average Bonchev–Trinajstić information content (AvgIpc) is 2.67. The number of alkyl carbamates (subject to hydrolysis) is 1. The standard InChI is InChI=1S/C20H32N2O6Si/c1-29(2,3)12-11-27-20(26)21-13-17(14-23)22-18(24)9-10-19(25)28-15-16-7-5-4-6-8-16/h4-8,17,23H,9-15H2,1-3H3,(H,21,26)(H,22,24). The Hall–Kier alpha value is -2.39. The molecule has 0 spiro atoms. The van der Waals surface area contributed by atoms with Crippen LogP contribution in [-0.2, 0) is 25.7 Å². The van der Waals surface area contributed by atoms with Crippen LogP contribution >= 0.6 is 0 Å². The van der Waals surface area contributed by atoms with E-state index >= 15 is 0 Å². The zero-order valence-electron chi connectivity index (χ0n) is 17.4. The maximum absolute atomic E-state index is 11.9. The molecule has 1 rings (SSSR count). The van der Waals surface area contributed by atoms with Crippen LogP contribution < -0.4 is 10.6 Å². The van der Waals surface area contributed by atoms with Crippen molar-refractivity contribution in [2.24, 2.45) is 0 Å². The minimum Gasteiger partial charge on any atom is -0.461 e. The van der Waals surface area contributed by atoms with E-state index in [1.807, 2.05) is 30.3 Å². The third kappa shape index (κ3) is 12.6. The minimum absolute atomic E-state index is 0.0342. The largest absolute Gasteiger partial charge is 0.461 e. The van der Waals surface area contributed by atoms with Gasteiger partial charge in [0.05, 0.1) is 25.7 Å². The third-order valence-electron chi connectivity index (χ3n) is 3.96. The Morgan fingerprint density at radius 1 is 1.07 bits per heavy atom. The number of aliphatic hydroxyl groups is 1. The van der Waals surface area contributed by atoms with E-state index in [4.69, 9.17) is 9.47 Å². The highest BCUT2D eigenvalue weighted by atomic mass is 28.3. The number of hydrogen-bond donors (Lipinski definition) is 3. The molecule has 9 heteroatoms. The van der Waals surface area contributed by atoms with Crippen molar-refractivity contribution in [1.82, 2.24) is 10.6 Å². The predicted octanol–water partition coefficient (Wildman–Crippen LogP) is 2.05. The number of amides is 2. The molecule has 1 aromatic carbocycles. The molecule has 29 heavy (non-hydrogen) atoms. The molecule has 1 atom stereocenters. The van der Waals surface area contributed by atoms with Gasteiger partial charge in [0.1, 0.15) is 6.61 Å². The van der Waals surface area contributed by atoms with Crippen LogP contribution in [0.25, 0.3) is 0 Å². The van der Waals surface area contributed by atoms with Gasteiger partial charge in [-0.1, -0.05) is 50.0 Å². The van der Waals surface area contributed by atoms with Gasteiger partial charge in [-0.3, -0.25) is 9.59 Å². The molecule has 0 heterocycles. The van der Waals surface area contributed by atoms with Gasteiger partial charge in [-0.2, -0.15) is 0 Å². The lowest BCUT2D eigenvalue weighted by Gasteiger charge is -2.18. The summed E-state index contributed by atoms with van der Waals surface area (Å²) in [6, 6.07) is 9.45. The minimum atomic E-state index is -1.28. The van der Waals surface area contributed by atoms with Crippen molar-refractivity contribution in [2.45, 2.75) is 51.2 Å². The first kappa shape index (κ1) is 24.6. The number of ether oxygens (including phenoxy) is 2. The lowest BCUT2D eigenvalue weighted by atomic mass is 10.2. The molecular weight excluding hydrogens is 392 g/mol. The van der Waals surface area contributed by atoms with Crippen molar-refractivity contribution in [2.75, 3.05) is 19.8 Å². The van der Waals surface area contributed by atoms with Crippen molar-refractivity contribution >= 4 is 26.0 Å². The second-order valence-corrected chi connectivity index (χ2v) is 13.5. The Morgan fingerprint density at radius 2 is 1.76 bits per heavy atom. The summed E-state index contributed by atoms with van der Waals surface area (Å²) < 4.78 is 10.2. The van der Waals surface area contributed by atoms with Gasteiger partial charge < -0.3 is 25.2 Å². The summed E-state index contributed by atoms with van der Waals surface area (Å²) in [6.07, 6.45) is -0.714. The van der Waals surface area contributed by atoms with Gasteiger partial charge in [0.15, 0.2) is 0 Å². The van der Waals surface area contributed by atoms with E-state index in [0.717, 1.165) is 11.6 Å². The topological polar surface area (TPSA) is 114 Å². The number of aliphatic hydroxyl groups excluding tert-OH is 1. The molecule has 8 nitrogen and oxygen atoms in total. The van der Waals surface area contributed by atoms with Gasteiger partial charge >= 0.3 is 12.1 Å². The van der Waals surface area contributed by atoms with Gasteiger partial charge in [-0.05, 0) is 11.6 Å². The van der Waals surface area contributed by atoms with Crippen molar-refractivity contribution in [3.05, 3.63) is 35.9 Å². The third-order valence-corrected chi connectivity index (χ3v) is 5.67. The fourth-order valence-electron chi connectivity index (χ4n) is 2.19. The summed E-state index contributed by atoms with van der Waals surface area (Å²) in [7, 11) is -1.28. The van der Waals surface area contributed by atoms with Crippen LogP contribution in [0.4, 0.5) is 4.79 Å². The summed E-state index contributed by atoms with van der Waals surface area (Å²) in [5.74, 6) is -0.886. The number of carbonyl (C=O) groups is 3. The van der Waals surface area contributed by atoms with E-state index in [9.17, 15) is 19.5 Å². The number of esters is 1. The van der Waals surface area contributed by atoms with Gasteiger partial charge in [-0.15, -0.1) is 0 Å². The van der Waals surface area contributed by atoms with E-state index < -0.39 is 32.1 Å². The van der Waals surface area contributed by atoms with Crippen molar-refractivity contribution < 1.29 is 29.0 Å². The van der Waals surface area contributed by atoms with E-state index in [0.29, 0.717) is 6.61 Å². The van der Waals surface area contributed by atoms with Crippen LogP contribution in [0.3, 0.4) is 0 Å². The molecule has 2 amide bonds. The molecule has 0 aromatic heterocycles. The molecule has 0 fully saturated rings. The smallest absolute Gasteiger partial charge is 0.407 e. The Balaban J connectivity index is 2.21. The lowest BCUT2D eigenvalue weighted by molar-refractivity contribution is -0.146. The lowest BCUT2D eigenvalue weighted by Crippen LogP contribution is -2.46. The highest BCUT2D eigenvalue weighted by Crippen LogP contribution is 2.07. The summed E-state index contributed by atoms with van der Waals surface area (Å²) in [4.78, 5) is 35.4. The average molecular weight is 425 g/mol. The van der Waals surface area contributed by atoms with Gasteiger partial charge in [0, 0.05) is 21.0 Å². The first-order valence-corrected chi connectivity index (χ1v) is 13.4. The van der Waals surface area contributed by atoms with Gasteiger partial charge in [0.25, 0.3) is 0 Å². The highest BCUT2D eigenvalue weighted by Gasteiger charge is 2.16. The maximum atomic E-state index is 11.9. The second-order valence-electron chi connectivity index (χ2n) is 7.92. The monoisotopic (exact) mass is 424 g/mol. The van der Waals surface area contributed by atoms with Gasteiger partial charge in [-0.25, -0.2) is 4.79 Å². The Bertz CT molecular complexity index is 648. The molecule has 0 bridgehead atoms. The van der Waals surface area contributed by atoms with E-state index in [1.165, 1.54) is 0 Å². The van der Waals surface area contributed by atoms with Crippen molar-refractivity contribution in [1.29, 1.82) is 0 Å². The Labute approximate surface area is 173 Å². The predicted molar refractivity (Wildman–Crippen MR) is 112 cm³/mol. The SMILES string of the molecule is C[Si](C)(C)CCOC(=O)NCC(CO)NC(=O)CCC(=O)OCc1ccccc1. The van der Waals surface area contributed by atoms with Crippen molar-refractivity contribution in [3.8, 4) is 0 Å². The molecule has 1 aromatic rings. The zero-order chi connectivity index (χ0) is 21.7. The first-order valence-electron chi connectivity index (χ1n) is 9.70. The van der Waals surface area contributed by atoms with Crippen LogP contribution in [0, 0.1) is 0 Å². The molecule has 162 valence electrons. The van der Waals surface area contributed by atoms with E-state index in [-0.39, 0.29) is 32.6 Å². The molecule has 0 saturated heterocycles. The molecule has 0 aliphatic heterocycles. The number of hydrogen-bond acceptors (Lipinski definition) is 6. The number of benzene rings is 1. The number of rotatable bonds is 12. The van der Waals surface area contributed by atoms with Crippen LogP contribution in [-0.4, -0.2) is 57.0 Å². The summed E-state index contributed by atoms with van der Waals surface area (Å²) in [6.45, 7) is 6.74. The highest BCUT2D eigenvalue weighted by molar-refractivity contribution is 6.76. The first-order chi connectivity index (χ1) is 13.7. The normalized spacial score (nSPS) is 12.0. The molecule has 1 unspecified atom stereocenters. The number of carbonyl (C=O) groups excluding carboxylic acids is 3. The van der Waals surface area contributed by atoms with Crippen LogP contribution in [0.15, 0.2) is 30.3 Å². The van der Waals surface area contributed by atoms with Crippen LogP contribution in [0.5, 0.6) is 0 Å². The molecule has 0 saturated carbocycles. The summed E-state index contributed by atoms with van der Waals surface area (Å²) >= 11 is 0. The molecule has 0 aliphatic rings. The molecule has 0 aliphatic carbocycles. The molecule has 3 N–H and O–H groups in total. The van der Waals surface area contributed by atoms with E-state index in [1.54, 1.807) is 0 Å². The Kier molecular flexibility index (Phi) is 11.0. The van der Waals surface area contributed by atoms with E-state index in [2.05, 4.69) is 30.3 Å². The quantitative estimate of drug-likeness (QED) is 0.350.